The van der Waals surface area contributed by atoms with Gasteiger partial charge in [0.05, 0.1) is 23.9 Å². The van der Waals surface area contributed by atoms with Crippen LogP contribution in [-0.2, 0) is 9.59 Å². The van der Waals surface area contributed by atoms with Gasteiger partial charge in [0.2, 0.25) is 0 Å². The number of benzene rings is 1. The van der Waals surface area contributed by atoms with Gasteiger partial charge in [0.15, 0.2) is 11.5 Å². The Balaban J connectivity index is 2.81. The molecule has 1 aromatic rings. The number of hydrogen-bond donors (Lipinski definition) is 2. The molecule has 25 heavy (non-hydrogen) atoms. The summed E-state index contributed by atoms with van der Waals surface area (Å²) in [6.07, 6.45) is 3.07. The van der Waals surface area contributed by atoms with Crippen molar-refractivity contribution in [3.63, 3.8) is 0 Å². The van der Waals surface area contributed by atoms with Crippen LogP contribution in [0.15, 0.2) is 21.7 Å². The predicted octanol–water partition coefficient (Wildman–Crippen LogP) is 2.61. The van der Waals surface area contributed by atoms with Crippen molar-refractivity contribution in [1.82, 2.24) is 10.7 Å². The van der Waals surface area contributed by atoms with Crippen molar-refractivity contribution in [2.75, 3.05) is 19.8 Å². The highest BCUT2D eigenvalue weighted by Crippen LogP contribution is 2.36. The van der Waals surface area contributed by atoms with Crippen molar-refractivity contribution in [1.29, 1.82) is 0 Å². The summed E-state index contributed by atoms with van der Waals surface area (Å²) in [4.78, 5) is 23.0. The fraction of sp³-hybridized carbons (Fsp3) is 0.471. The first-order valence-electron chi connectivity index (χ1n) is 8.23. The van der Waals surface area contributed by atoms with Crippen LogP contribution in [0.25, 0.3) is 0 Å². The zero-order valence-electron chi connectivity index (χ0n) is 14.7. The minimum Gasteiger partial charge on any atom is -0.490 e. The van der Waals surface area contributed by atoms with E-state index < -0.39 is 11.8 Å². The molecular weight excluding hydrogens is 390 g/mol. The molecule has 0 saturated heterocycles. The van der Waals surface area contributed by atoms with Gasteiger partial charge in [0, 0.05) is 6.54 Å². The highest BCUT2D eigenvalue weighted by Gasteiger charge is 2.13. The van der Waals surface area contributed by atoms with Gasteiger partial charge >= 0.3 is 11.8 Å². The summed E-state index contributed by atoms with van der Waals surface area (Å²) in [5.41, 5.74) is 2.88. The lowest BCUT2D eigenvalue weighted by atomic mass is 10.2. The SMILES string of the molecule is CCCNC(=O)C(=O)N/N=C\c1cc(Br)c(OCCC)c(OCC)c1. The van der Waals surface area contributed by atoms with Crippen molar-refractivity contribution < 1.29 is 19.1 Å². The molecule has 1 rings (SSSR count). The number of hydrazone groups is 1. The van der Waals surface area contributed by atoms with Crippen LogP contribution < -0.4 is 20.2 Å². The van der Waals surface area contributed by atoms with Crippen molar-refractivity contribution >= 4 is 34.0 Å². The molecule has 0 spiro atoms. The second kappa shape index (κ2) is 11.5. The molecular formula is C17H24BrN3O4. The first-order valence-corrected chi connectivity index (χ1v) is 9.03. The third-order valence-corrected chi connectivity index (χ3v) is 3.49. The number of carbonyl (C=O) groups excluding carboxylic acids is 2. The minimum absolute atomic E-state index is 0.444. The summed E-state index contributed by atoms with van der Waals surface area (Å²) >= 11 is 3.45. The maximum absolute atomic E-state index is 11.6. The molecule has 0 aliphatic carbocycles. The number of halogens is 1. The Labute approximate surface area is 156 Å². The molecule has 0 saturated carbocycles. The van der Waals surface area contributed by atoms with E-state index in [0.717, 1.165) is 17.3 Å². The lowest BCUT2D eigenvalue weighted by Gasteiger charge is -2.14. The van der Waals surface area contributed by atoms with E-state index in [0.29, 0.717) is 36.8 Å². The largest absolute Gasteiger partial charge is 0.490 e. The molecule has 0 fully saturated rings. The minimum atomic E-state index is -0.809. The van der Waals surface area contributed by atoms with Gasteiger partial charge in [-0.1, -0.05) is 13.8 Å². The van der Waals surface area contributed by atoms with Gasteiger partial charge in [0.25, 0.3) is 0 Å². The summed E-state index contributed by atoms with van der Waals surface area (Å²) in [5, 5.41) is 6.28. The predicted molar refractivity (Wildman–Crippen MR) is 100 cm³/mol. The molecule has 2 N–H and O–H groups in total. The van der Waals surface area contributed by atoms with E-state index in [-0.39, 0.29) is 0 Å². The highest BCUT2D eigenvalue weighted by molar-refractivity contribution is 9.10. The lowest BCUT2D eigenvalue weighted by molar-refractivity contribution is -0.139. The smallest absolute Gasteiger partial charge is 0.329 e. The van der Waals surface area contributed by atoms with Gasteiger partial charge < -0.3 is 14.8 Å². The Bertz CT molecular complexity index is 620. The van der Waals surface area contributed by atoms with Gasteiger partial charge in [-0.3, -0.25) is 9.59 Å². The van der Waals surface area contributed by atoms with E-state index in [2.05, 4.69) is 31.8 Å². The van der Waals surface area contributed by atoms with Crippen LogP contribution >= 0.6 is 15.9 Å². The van der Waals surface area contributed by atoms with Crippen molar-refractivity contribution in [2.45, 2.75) is 33.6 Å². The van der Waals surface area contributed by atoms with Crippen molar-refractivity contribution in [3.8, 4) is 11.5 Å². The van der Waals surface area contributed by atoms with Crippen LogP contribution in [0.1, 0.15) is 39.2 Å². The maximum atomic E-state index is 11.6. The van der Waals surface area contributed by atoms with Gasteiger partial charge in [-0.2, -0.15) is 5.10 Å². The van der Waals surface area contributed by atoms with E-state index in [4.69, 9.17) is 9.47 Å². The number of amides is 2. The zero-order valence-corrected chi connectivity index (χ0v) is 16.3. The lowest BCUT2D eigenvalue weighted by Crippen LogP contribution is -2.38. The molecule has 0 bridgehead atoms. The molecule has 0 aliphatic rings. The second-order valence-electron chi connectivity index (χ2n) is 5.07. The average molecular weight is 414 g/mol. The zero-order chi connectivity index (χ0) is 18.7. The Hall–Kier alpha value is -2.09. The Morgan fingerprint density at radius 1 is 1.16 bits per heavy atom. The Morgan fingerprint density at radius 2 is 1.92 bits per heavy atom. The van der Waals surface area contributed by atoms with Crippen LogP contribution in [0, 0.1) is 0 Å². The van der Waals surface area contributed by atoms with E-state index >= 15 is 0 Å². The number of rotatable bonds is 9. The highest BCUT2D eigenvalue weighted by atomic mass is 79.9. The molecule has 0 aromatic heterocycles. The van der Waals surface area contributed by atoms with Crippen LogP contribution in [0.4, 0.5) is 0 Å². The topological polar surface area (TPSA) is 89.0 Å². The van der Waals surface area contributed by atoms with Gasteiger partial charge in [-0.25, -0.2) is 5.43 Å². The van der Waals surface area contributed by atoms with E-state index in [1.807, 2.05) is 20.8 Å². The third-order valence-electron chi connectivity index (χ3n) is 2.90. The standard InChI is InChI=1S/C17H24BrN3O4/c1-4-7-19-16(22)17(23)21-20-11-12-9-13(18)15(25-8-5-2)14(10-12)24-6-3/h9-11H,4-8H2,1-3H3,(H,19,22)(H,21,23)/b20-11-. The monoisotopic (exact) mass is 413 g/mol. The third kappa shape index (κ3) is 7.13. The van der Waals surface area contributed by atoms with Crippen molar-refractivity contribution in [3.05, 3.63) is 22.2 Å². The number of hydrogen-bond acceptors (Lipinski definition) is 5. The number of nitrogens with zero attached hydrogens (tertiary/aromatic N) is 1. The molecule has 138 valence electrons. The van der Waals surface area contributed by atoms with E-state index in [1.54, 1.807) is 12.1 Å². The molecule has 0 unspecified atom stereocenters. The summed E-state index contributed by atoms with van der Waals surface area (Å²) in [7, 11) is 0. The first kappa shape index (κ1) is 21.0. The fourth-order valence-electron chi connectivity index (χ4n) is 1.80. The van der Waals surface area contributed by atoms with Crippen LogP contribution in [0.2, 0.25) is 0 Å². The molecule has 2 amide bonds. The maximum Gasteiger partial charge on any atom is 0.329 e. The van der Waals surface area contributed by atoms with Crippen LogP contribution in [0.5, 0.6) is 11.5 Å². The first-order chi connectivity index (χ1) is 12.0. The summed E-state index contributed by atoms with van der Waals surface area (Å²) in [6, 6.07) is 3.55. The van der Waals surface area contributed by atoms with E-state index in [9.17, 15) is 9.59 Å². The number of carbonyl (C=O) groups is 2. The van der Waals surface area contributed by atoms with Gasteiger partial charge in [-0.05, 0) is 53.4 Å². The Morgan fingerprint density at radius 3 is 2.56 bits per heavy atom. The molecule has 8 heteroatoms. The normalized spacial score (nSPS) is 10.6. The van der Waals surface area contributed by atoms with Gasteiger partial charge in [0.1, 0.15) is 0 Å². The van der Waals surface area contributed by atoms with Crippen LogP contribution in [-0.4, -0.2) is 37.8 Å². The van der Waals surface area contributed by atoms with Crippen molar-refractivity contribution in [2.24, 2.45) is 5.10 Å². The fourth-order valence-corrected chi connectivity index (χ4v) is 2.38. The molecule has 0 heterocycles. The second-order valence-corrected chi connectivity index (χ2v) is 5.92. The molecule has 7 nitrogen and oxygen atoms in total. The van der Waals surface area contributed by atoms with Gasteiger partial charge in [-0.15, -0.1) is 0 Å². The summed E-state index contributed by atoms with van der Waals surface area (Å²) in [5.74, 6) is -0.308. The molecule has 0 aliphatic heterocycles. The average Bonchev–Trinajstić information content (AvgIpc) is 2.59. The number of ether oxygens (including phenoxy) is 2. The summed E-state index contributed by atoms with van der Waals surface area (Å²) in [6.45, 7) is 7.32. The number of nitrogens with one attached hydrogen (secondary N) is 2. The molecule has 0 radical (unpaired) electrons. The summed E-state index contributed by atoms with van der Waals surface area (Å²) < 4.78 is 12.0. The van der Waals surface area contributed by atoms with E-state index in [1.165, 1.54) is 6.21 Å². The quantitative estimate of drug-likeness (QED) is 0.369. The molecule has 0 atom stereocenters. The Kier molecular flexibility index (Phi) is 9.61. The van der Waals surface area contributed by atoms with Crippen LogP contribution in [0.3, 0.4) is 0 Å². The molecule has 1 aromatic carbocycles.